The molecule has 1 amide bonds. The summed E-state index contributed by atoms with van der Waals surface area (Å²) >= 11 is 0. The number of sulfonamides is 1. The number of nitrogens with one attached hydrogen (secondary N) is 1. The molecular formula is C21H23F3N2O5S. The first-order valence-corrected chi connectivity index (χ1v) is 11.3. The summed E-state index contributed by atoms with van der Waals surface area (Å²) in [4.78, 5) is 12.2. The Morgan fingerprint density at radius 2 is 1.75 bits per heavy atom. The summed E-state index contributed by atoms with van der Waals surface area (Å²) in [5, 5.41) is 2.85. The average molecular weight is 472 g/mol. The van der Waals surface area contributed by atoms with E-state index in [0.717, 1.165) is 17.7 Å². The van der Waals surface area contributed by atoms with Gasteiger partial charge in [0.25, 0.3) is 0 Å². The van der Waals surface area contributed by atoms with Gasteiger partial charge in [-0.2, -0.15) is 4.31 Å². The normalized spacial score (nSPS) is 15.9. The number of hydrogen-bond acceptors (Lipinski definition) is 5. The second kappa shape index (κ2) is 9.78. The van der Waals surface area contributed by atoms with E-state index in [1.807, 2.05) is 18.2 Å². The molecule has 1 heterocycles. The van der Waals surface area contributed by atoms with Crippen molar-refractivity contribution in [2.45, 2.75) is 30.6 Å². The molecule has 0 aliphatic carbocycles. The lowest BCUT2D eigenvalue weighted by molar-refractivity contribution is -0.274. The van der Waals surface area contributed by atoms with Gasteiger partial charge in [-0.25, -0.2) is 8.42 Å². The van der Waals surface area contributed by atoms with Crippen LogP contribution in [0.25, 0.3) is 0 Å². The van der Waals surface area contributed by atoms with E-state index < -0.39 is 22.1 Å². The van der Waals surface area contributed by atoms with Crippen LogP contribution in [0.4, 0.5) is 13.2 Å². The number of amides is 1. The van der Waals surface area contributed by atoms with Crippen molar-refractivity contribution in [1.29, 1.82) is 0 Å². The second-order valence-electron chi connectivity index (χ2n) is 7.27. The maximum absolute atomic E-state index is 12.8. The molecule has 7 nitrogen and oxygen atoms in total. The fourth-order valence-corrected chi connectivity index (χ4v) is 4.96. The van der Waals surface area contributed by atoms with Crippen molar-refractivity contribution in [3.05, 3.63) is 54.1 Å². The molecule has 2 aromatic carbocycles. The number of halogens is 3. The van der Waals surface area contributed by atoms with E-state index >= 15 is 0 Å². The van der Waals surface area contributed by atoms with Gasteiger partial charge >= 0.3 is 6.36 Å². The van der Waals surface area contributed by atoms with E-state index in [-0.39, 0.29) is 29.8 Å². The molecule has 0 spiro atoms. The maximum atomic E-state index is 12.8. The fourth-order valence-electron chi connectivity index (χ4n) is 3.46. The first kappa shape index (κ1) is 23.9. The number of carbonyl (C=O) groups is 1. The Morgan fingerprint density at radius 1 is 1.09 bits per heavy atom. The van der Waals surface area contributed by atoms with Gasteiger partial charge in [-0.1, -0.05) is 18.2 Å². The molecule has 1 saturated heterocycles. The quantitative estimate of drug-likeness (QED) is 0.669. The molecule has 3 rings (SSSR count). The standard InChI is InChI=1S/C21H23F3N2O5S/c1-30-17-5-2-4-15(12-17)14-25-20(27)16-8-10-26(11-9-16)32(28,29)19-7-3-6-18(13-19)31-21(22,23)24/h2-7,12-13,16H,8-11,14H2,1H3,(H,25,27). The molecule has 0 aromatic heterocycles. The molecule has 0 bridgehead atoms. The number of rotatable bonds is 7. The molecule has 0 unspecified atom stereocenters. The highest BCUT2D eigenvalue weighted by molar-refractivity contribution is 7.89. The molecule has 174 valence electrons. The van der Waals surface area contributed by atoms with Crippen LogP contribution in [0.3, 0.4) is 0 Å². The zero-order valence-electron chi connectivity index (χ0n) is 17.3. The number of ether oxygens (including phenoxy) is 2. The van der Waals surface area contributed by atoms with E-state index in [2.05, 4.69) is 10.1 Å². The number of piperidine rings is 1. The summed E-state index contributed by atoms with van der Waals surface area (Å²) in [5.41, 5.74) is 0.874. The van der Waals surface area contributed by atoms with Gasteiger partial charge in [0, 0.05) is 31.6 Å². The molecule has 1 aliphatic rings. The van der Waals surface area contributed by atoms with Crippen LogP contribution in [0.1, 0.15) is 18.4 Å². The molecule has 1 fully saturated rings. The highest BCUT2D eigenvalue weighted by atomic mass is 32.2. The number of alkyl halides is 3. The molecule has 0 radical (unpaired) electrons. The number of nitrogens with zero attached hydrogens (tertiary/aromatic N) is 1. The molecule has 0 saturated carbocycles. The zero-order valence-corrected chi connectivity index (χ0v) is 18.1. The molecule has 0 atom stereocenters. The SMILES string of the molecule is COc1cccc(CNC(=O)C2CCN(S(=O)(=O)c3cccc(OC(F)(F)F)c3)CC2)c1. The summed E-state index contributed by atoms with van der Waals surface area (Å²) < 4.78 is 73.1. The van der Waals surface area contributed by atoms with E-state index in [4.69, 9.17) is 4.74 Å². The first-order valence-electron chi connectivity index (χ1n) is 9.85. The average Bonchev–Trinajstić information content (AvgIpc) is 2.76. The number of benzene rings is 2. The van der Waals surface area contributed by atoms with Crippen molar-refractivity contribution in [3.63, 3.8) is 0 Å². The van der Waals surface area contributed by atoms with Crippen molar-refractivity contribution in [2.24, 2.45) is 5.92 Å². The minimum absolute atomic E-state index is 0.0872. The molecular weight excluding hydrogens is 449 g/mol. The molecule has 11 heteroatoms. The molecule has 1 aliphatic heterocycles. The Labute approximate surface area is 184 Å². The maximum Gasteiger partial charge on any atom is 0.573 e. The van der Waals surface area contributed by atoms with Crippen LogP contribution >= 0.6 is 0 Å². The van der Waals surface area contributed by atoms with Crippen LogP contribution in [0, 0.1) is 5.92 Å². The van der Waals surface area contributed by atoms with Crippen molar-refractivity contribution in [3.8, 4) is 11.5 Å². The Hall–Kier alpha value is -2.79. The van der Waals surface area contributed by atoms with Gasteiger partial charge < -0.3 is 14.8 Å². The lowest BCUT2D eigenvalue weighted by Crippen LogP contribution is -2.42. The molecule has 2 aromatic rings. The largest absolute Gasteiger partial charge is 0.573 e. The van der Waals surface area contributed by atoms with Crippen LogP contribution in [0.15, 0.2) is 53.4 Å². The van der Waals surface area contributed by atoms with Crippen LogP contribution in [-0.2, 0) is 21.4 Å². The minimum atomic E-state index is -4.92. The van der Waals surface area contributed by atoms with E-state index in [9.17, 15) is 26.4 Å². The smallest absolute Gasteiger partial charge is 0.497 e. The monoisotopic (exact) mass is 472 g/mol. The van der Waals surface area contributed by atoms with Crippen LogP contribution in [-0.4, -0.2) is 45.2 Å². The van der Waals surface area contributed by atoms with E-state index in [1.165, 1.54) is 16.4 Å². The molecule has 1 N–H and O–H groups in total. The van der Waals surface area contributed by atoms with Crippen molar-refractivity contribution in [2.75, 3.05) is 20.2 Å². The van der Waals surface area contributed by atoms with Crippen molar-refractivity contribution < 1.29 is 35.9 Å². The summed E-state index contributed by atoms with van der Waals surface area (Å²) in [6, 6.07) is 11.6. The number of hydrogen-bond donors (Lipinski definition) is 1. The molecule has 32 heavy (non-hydrogen) atoms. The minimum Gasteiger partial charge on any atom is -0.497 e. The lowest BCUT2D eigenvalue weighted by Gasteiger charge is -2.30. The number of methoxy groups -OCH3 is 1. The van der Waals surface area contributed by atoms with E-state index in [1.54, 1.807) is 13.2 Å². The summed E-state index contributed by atoms with van der Waals surface area (Å²) in [6.07, 6.45) is -4.30. The highest BCUT2D eigenvalue weighted by Gasteiger charge is 2.34. The fraction of sp³-hybridized carbons (Fsp3) is 0.381. The first-order chi connectivity index (χ1) is 15.1. The van der Waals surface area contributed by atoms with E-state index in [0.29, 0.717) is 25.1 Å². The summed E-state index contributed by atoms with van der Waals surface area (Å²) in [5.74, 6) is -0.456. The van der Waals surface area contributed by atoms with Gasteiger partial charge in [-0.05, 0) is 42.7 Å². The lowest BCUT2D eigenvalue weighted by atomic mass is 9.97. The topological polar surface area (TPSA) is 84.9 Å². The zero-order chi connectivity index (χ0) is 23.4. The van der Waals surface area contributed by atoms with Crippen LogP contribution in [0.2, 0.25) is 0 Å². The third kappa shape index (κ3) is 6.13. The van der Waals surface area contributed by atoms with Crippen LogP contribution < -0.4 is 14.8 Å². The predicted molar refractivity (Wildman–Crippen MR) is 109 cm³/mol. The Morgan fingerprint density at radius 3 is 2.41 bits per heavy atom. The van der Waals surface area contributed by atoms with Gasteiger partial charge in [-0.15, -0.1) is 13.2 Å². The van der Waals surface area contributed by atoms with Gasteiger partial charge in [0.15, 0.2) is 0 Å². The third-order valence-corrected chi connectivity index (χ3v) is 7.00. The second-order valence-corrected chi connectivity index (χ2v) is 9.21. The Kier molecular flexibility index (Phi) is 7.29. The Balaban J connectivity index is 1.57. The predicted octanol–water partition coefficient (Wildman–Crippen LogP) is 3.31. The van der Waals surface area contributed by atoms with Gasteiger partial charge in [-0.3, -0.25) is 4.79 Å². The van der Waals surface area contributed by atoms with Crippen molar-refractivity contribution in [1.82, 2.24) is 9.62 Å². The van der Waals surface area contributed by atoms with Crippen molar-refractivity contribution >= 4 is 15.9 Å². The van der Waals surface area contributed by atoms with Gasteiger partial charge in [0.2, 0.25) is 15.9 Å². The summed E-state index contributed by atoms with van der Waals surface area (Å²) in [6.45, 7) is 0.494. The van der Waals surface area contributed by atoms with Gasteiger partial charge in [0.1, 0.15) is 11.5 Å². The highest BCUT2D eigenvalue weighted by Crippen LogP contribution is 2.28. The van der Waals surface area contributed by atoms with Crippen LogP contribution in [0.5, 0.6) is 11.5 Å². The van der Waals surface area contributed by atoms with Gasteiger partial charge in [0.05, 0.1) is 12.0 Å². The summed E-state index contributed by atoms with van der Waals surface area (Å²) in [7, 11) is -2.46. The number of carbonyl (C=O) groups excluding carboxylic acids is 1. The third-order valence-electron chi connectivity index (χ3n) is 5.10. The Bertz CT molecular complexity index is 1050.